The molecule has 5 heteroatoms. The SMILES string of the molecule is Nc1nnc(-c2cccc3cnccc23)s1. The van der Waals surface area contributed by atoms with Crippen LogP contribution in [0.5, 0.6) is 0 Å². The molecule has 3 rings (SSSR count). The molecule has 0 atom stereocenters. The Morgan fingerprint density at radius 3 is 2.88 bits per heavy atom. The van der Waals surface area contributed by atoms with E-state index in [1.165, 1.54) is 11.3 Å². The molecule has 78 valence electrons. The van der Waals surface area contributed by atoms with Crippen molar-refractivity contribution in [1.82, 2.24) is 15.2 Å². The standard InChI is InChI=1S/C11H8N4S/c12-11-15-14-10(16-11)9-3-1-2-7-6-13-5-4-8(7)9/h1-6H,(H2,12,15). The largest absolute Gasteiger partial charge is 0.374 e. The van der Waals surface area contributed by atoms with E-state index in [2.05, 4.69) is 15.2 Å². The predicted molar refractivity (Wildman–Crippen MR) is 65.1 cm³/mol. The fraction of sp³-hybridized carbons (Fsp3) is 0. The van der Waals surface area contributed by atoms with Crippen LogP contribution in [0, 0.1) is 0 Å². The van der Waals surface area contributed by atoms with Gasteiger partial charge in [0.05, 0.1) is 0 Å². The Kier molecular flexibility index (Phi) is 2.04. The molecule has 3 aromatic rings. The lowest BCUT2D eigenvalue weighted by Gasteiger charge is -2.01. The molecule has 0 unspecified atom stereocenters. The molecule has 0 bridgehead atoms. The number of nitrogens with two attached hydrogens (primary N) is 1. The number of benzene rings is 1. The predicted octanol–water partition coefficient (Wildman–Crippen LogP) is 2.34. The molecule has 0 fully saturated rings. The molecule has 2 heterocycles. The number of pyridine rings is 1. The molecule has 2 N–H and O–H groups in total. The number of fused-ring (bicyclic) bond motifs is 1. The van der Waals surface area contributed by atoms with E-state index in [9.17, 15) is 0 Å². The van der Waals surface area contributed by atoms with Crippen molar-refractivity contribution in [3.63, 3.8) is 0 Å². The molecular weight excluding hydrogens is 220 g/mol. The van der Waals surface area contributed by atoms with Crippen LogP contribution in [0.2, 0.25) is 0 Å². The van der Waals surface area contributed by atoms with Gasteiger partial charge in [-0.2, -0.15) is 0 Å². The van der Waals surface area contributed by atoms with E-state index in [-0.39, 0.29) is 0 Å². The summed E-state index contributed by atoms with van der Waals surface area (Å²) < 4.78 is 0. The Morgan fingerprint density at radius 2 is 2.06 bits per heavy atom. The lowest BCUT2D eigenvalue weighted by atomic mass is 10.1. The molecule has 4 nitrogen and oxygen atoms in total. The molecule has 2 aromatic heterocycles. The van der Waals surface area contributed by atoms with Crippen LogP contribution < -0.4 is 5.73 Å². The first-order valence-electron chi connectivity index (χ1n) is 4.77. The van der Waals surface area contributed by atoms with Crippen LogP contribution in [0.1, 0.15) is 0 Å². The van der Waals surface area contributed by atoms with Crippen LogP contribution in [0.15, 0.2) is 36.7 Å². The molecule has 16 heavy (non-hydrogen) atoms. The average Bonchev–Trinajstić information content (AvgIpc) is 2.75. The number of nitrogen functional groups attached to an aromatic ring is 1. The summed E-state index contributed by atoms with van der Waals surface area (Å²) in [5.74, 6) is 0. The molecule has 0 aliphatic heterocycles. The van der Waals surface area contributed by atoms with Crippen molar-refractivity contribution in [2.45, 2.75) is 0 Å². The van der Waals surface area contributed by atoms with Gasteiger partial charge in [-0.1, -0.05) is 29.5 Å². The number of hydrogen-bond donors (Lipinski definition) is 1. The molecule has 0 radical (unpaired) electrons. The summed E-state index contributed by atoms with van der Waals surface area (Å²) in [7, 11) is 0. The number of hydrogen-bond acceptors (Lipinski definition) is 5. The van der Waals surface area contributed by atoms with Crippen molar-refractivity contribution < 1.29 is 0 Å². The highest BCUT2D eigenvalue weighted by Gasteiger charge is 2.07. The van der Waals surface area contributed by atoms with E-state index >= 15 is 0 Å². The Hall–Kier alpha value is -2.01. The van der Waals surface area contributed by atoms with Gasteiger partial charge >= 0.3 is 0 Å². The lowest BCUT2D eigenvalue weighted by molar-refractivity contribution is 1.10. The first-order valence-corrected chi connectivity index (χ1v) is 5.58. The second-order valence-corrected chi connectivity index (χ2v) is 4.36. The van der Waals surface area contributed by atoms with Gasteiger partial charge in [-0.05, 0) is 11.5 Å². The third-order valence-corrected chi connectivity index (χ3v) is 3.14. The van der Waals surface area contributed by atoms with Crippen molar-refractivity contribution >= 4 is 27.2 Å². The zero-order valence-electron chi connectivity index (χ0n) is 8.29. The molecule has 0 saturated heterocycles. The smallest absolute Gasteiger partial charge is 0.203 e. The van der Waals surface area contributed by atoms with Gasteiger partial charge in [-0.25, -0.2) is 0 Å². The van der Waals surface area contributed by atoms with Crippen molar-refractivity contribution in [2.24, 2.45) is 0 Å². The fourth-order valence-corrected chi connectivity index (χ4v) is 2.30. The van der Waals surface area contributed by atoms with Crippen LogP contribution in [0.25, 0.3) is 21.3 Å². The molecule has 0 aliphatic carbocycles. The maximum Gasteiger partial charge on any atom is 0.203 e. The van der Waals surface area contributed by atoms with Gasteiger partial charge in [0, 0.05) is 23.3 Å². The number of nitrogens with zero attached hydrogens (tertiary/aromatic N) is 3. The van der Waals surface area contributed by atoms with Crippen molar-refractivity contribution in [3.8, 4) is 10.6 Å². The van der Waals surface area contributed by atoms with Gasteiger partial charge in [0.15, 0.2) is 0 Å². The summed E-state index contributed by atoms with van der Waals surface area (Å²) in [4.78, 5) is 4.10. The van der Waals surface area contributed by atoms with Crippen LogP contribution in [0.4, 0.5) is 5.13 Å². The summed E-state index contributed by atoms with van der Waals surface area (Å²) in [5, 5.41) is 11.4. The lowest BCUT2D eigenvalue weighted by Crippen LogP contribution is -1.82. The first kappa shape index (κ1) is 9.23. The molecule has 0 saturated carbocycles. The zero-order chi connectivity index (χ0) is 11.0. The molecular formula is C11H8N4S. The minimum absolute atomic E-state index is 0.487. The second kappa shape index (κ2) is 3.53. The maximum absolute atomic E-state index is 5.59. The highest BCUT2D eigenvalue weighted by atomic mass is 32.1. The topological polar surface area (TPSA) is 64.7 Å². The average molecular weight is 228 g/mol. The third-order valence-electron chi connectivity index (χ3n) is 2.35. The van der Waals surface area contributed by atoms with Crippen LogP contribution in [-0.4, -0.2) is 15.2 Å². The number of aromatic nitrogens is 3. The normalized spacial score (nSPS) is 10.8. The van der Waals surface area contributed by atoms with E-state index < -0.39 is 0 Å². The van der Waals surface area contributed by atoms with E-state index in [0.29, 0.717) is 5.13 Å². The highest BCUT2D eigenvalue weighted by molar-refractivity contribution is 7.18. The summed E-state index contributed by atoms with van der Waals surface area (Å²) in [6, 6.07) is 8.00. The summed E-state index contributed by atoms with van der Waals surface area (Å²) in [5.41, 5.74) is 6.64. The van der Waals surface area contributed by atoms with Gasteiger partial charge in [0.2, 0.25) is 5.13 Å². The minimum Gasteiger partial charge on any atom is -0.374 e. The van der Waals surface area contributed by atoms with E-state index in [0.717, 1.165) is 21.3 Å². The highest BCUT2D eigenvalue weighted by Crippen LogP contribution is 2.30. The van der Waals surface area contributed by atoms with Crippen LogP contribution >= 0.6 is 11.3 Å². The zero-order valence-corrected chi connectivity index (χ0v) is 9.11. The Morgan fingerprint density at radius 1 is 1.12 bits per heavy atom. The third kappa shape index (κ3) is 1.42. The Labute approximate surface area is 95.8 Å². The van der Waals surface area contributed by atoms with Crippen molar-refractivity contribution in [3.05, 3.63) is 36.7 Å². The van der Waals surface area contributed by atoms with E-state index in [1.807, 2.05) is 30.5 Å². The Balaban J connectivity index is 2.31. The Bertz CT molecular complexity index is 642. The summed E-state index contributed by atoms with van der Waals surface area (Å²) in [6.07, 6.45) is 3.61. The maximum atomic E-state index is 5.59. The summed E-state index contributed by atoms with van der Waals surface area (Å²) >= 11 is 1.39. The van der Waals surface area contributed by atoms with E-state index in [1.54, 1.807) is 6.20 Å². The van der Waals surface area contributed by atoms with Crippen LogP contribution in [-0.2, 0) is 0 Å². The van der Waals surface area contributed by atoms with Crippen molar-refractivity contribution in [1.29, 1.82) is 0 Å². The fourth-order valence-electron chi connectivity index (χ4n) is 1.65. The monoisotopic (exact) mass is 228 g/mol. The number of anilines is 1. The number of rotatable bonds is 1. The molecule has 1 aromatic carbocycles. The quantitative estimate of drug-likeness (QED) is 0.694. The van der Waals surface area contributed by atoms with E-state index in [4.69, 9.17) is 5.73 Å². The first-order chi connectivity index (χ1) is 7.84. The van der Waals surface area contributed by atoms with Gasteiger partial charge in [-0.15, -0.1) is 10.2 Å². The molecule has 0 aliphatic rings. The van der Waals surface area contributed by atoms with Crippen LogP contribution in [0.3, 0.4) is 0 Å². The molecule has 0 spiro atoms. The summed E-state index contributed by atoms with van der Waals surface area (Å²) in [6.45, 7) is 0. The second-order valence-electron chi connectivity index (χ2n) is 3.35. The van der Waals surface area contributed by atoms with Gasteiger partial charge in [0.1, 0.15) is 5.01 Å². The van der Waals surface area contributed by atoms with Crippen molar-refractivity contribution in [2.75, 3.05) is 5.73 Å². The van der Waals surface area contributed by atoms with Gasteiger partial charge in [0.25, 0.3) is 0 Å². The van der Waals surface area contributed by atoms with Gasteiger partial charge in [-0.3, -0.25) is 4.98 Å². The minimum atomic E-state index is 0.487. The van der Waals surface area contributed by atoms with Gasteiger partial charge < -0.3 is 5.73 Å². The molecule has 0 amide bonds.